The maximum atomic E-state index is 11.9. The highest BCUT2D eigenvalue weighted by molar-refractivity contribution is 5.92. The average Bonchev–Trinajstić information content (AvgIpc) is 2.60. The number of carbonyl (C=O) groups excluding carboxylic acids is 1. The van der Waals surface area contributed by atoms with E-state index < -0.39 is 25.0 Å². The molecule has 0 aliphatic rings. The van der Waals surface area contributed by atoms with E-state index in [0.29, 0.717) is 5.56 Å². The number of rotatable bonds is 4. The van der Waals surface area contributed by atoms with E-state index in [2.05, 4.69) is 5.32 Å². The smallest absolute Gasteiger partial charge is 0.287 e. The molecule has 84 valence electrons. The third-order valence-electron chi connectivity index (χ3n) is 1.83. The Morgan fingerprint density at radius 1 is 1.67 bits per heavy atom. The first-order valence-corrected chi connectivity index (χ1v) is 4.31. The molecule has 1 aromatic rings. The number of aliphatic hydroxyl groups is 1. The molecule has 0 aliphatic carbocycles. The first-order valence-electron chi connectivity index (χ1n) is 4.31. The fraction of sp³-hybridized carbons (Fsp3) is 0.444. The van der Waals surface area contributed by atoms with Gasteiger partial charge in [0.05, 0.1) is 6.26 Å². The van der Waals surface area contributed by atoms with Gasteiger partial charge in [0.2, 0.25) is 0 Å². The van der Waals surface area contributed by atoms with Crippen molar-refractivity contribution >= 4 is 5.91 Å². The van der Waals surface area contributed by atoms with Crippen molar-refractivity contribution in [3.63, 3.8) is 0 Å². The van der Waals surface area contributed by atoms with E-state index in [1.807, 2.05) is 0 Å². The van der Waals surface area contributed by atoms with Crippen molar-refractivity contribution in [3.8, 4) is 0 Å². The molecule has 0 radical (unpaired) electrons. The molecule has 1 amide bonds. The normalized spacial score (nSPS) is 12.9. The molecule has 0 aromatic carbocycles. The van der Waals surface area contributed by atoms with Crippen LogP contribution in [0.4, 0.5) is 8.78 Å². The summed E-state index contributed by atoms with van der Waals surface area (Å²) < 4.78 is 28.6. The number of carbonyl (C=O) groups is 1. The number of hydrogen-bond donors (Lipinski definition) is 2. The largest absolute Gasteiger partial charge is 0.459 e. The highest BCUT2D eigenvalue weighted by atomic mass is 19.3. The van der Waals surface area contributed by atoms with Crippen molar-refractivity contribution in [1.29, 1.82) is 0 Å². The zero-order valence-electron chi connectivity index (χ0n) is 8.04. The van der Waals surface area contributed by atoms with Crippen LogP contribution >= 0.6 is 0 Å². The van der Waals surface area contributed by atoms with Gasteiger partial charge < -0.3 is 14.8 Å². The number of aryl methyl sites for hydroxylation is 1. The fourth-order valence-corrected chi connectivity index (χ4v) is 0.972. The highest BCUT2D eigenvalue weighted by Crippen LogP contribution is 2.08. The summed E-state index contributed by atoms with van der Waals surface area (Å²) in [4.78, 5) is 11.3. The molecule has 0 bridgehead atoms. The number of aliphatic hydroxyl groups excluding tert-OH is 1. The van der Waals surface area contributed by atoms with Crippen LogP contribution in [-0.2, 0) is 0 Å². The lowest BCUT2D eigenvalue weighted by molar-refractivity contribution is -0.00283. The van der Waals surface area contributed by atoms with Crippen molar-refractivity contribution in [1.82, 2.24) is 5.32 Å². The van der Waals surface area contributed by atoms with Gasteiger partial charge in [-0.1, -0.05) is 0 Å². The van der Waals surface area contributed by atoms with Crippen LogP contribution in [0.1, 0.15) is 16.1 Å². The standard InChI is InChI=1S/C9H11F2NO3/c1-5-2-3-15-7(5)9(14)12-4-6(13)8(10)11/h2-3,6,8,13H,4H2,1H3,(H,12,14). The summed E-state index contributed by atoms with van der Waals surface area (Å²) in [5, 5.41) is 10.9. The van der Waals surface area contributed by atoms with Gasteiger partial charge in [-0.05, 0) is 13.0 Å². The Bertz CT molecular complexity index is 338. The summed E-state index contributed by atoms with van der Waals surface area (Å²) in [6, 6.07) is 1.58. The van der Waals surface area contributed by atoms with Gasteiger partial charge in [-0.15, -0.1) is 0 Å². The average molecular weight is 219 g/mol. The molecule has 1 unspecified atom stereocenters. The molecule has 0 aliphatic heterocycles. The lowest BCUT2D eigenvalue weighted by Crippen LogP contribution is -2.35. The van der Waals surface area contributed by atoms with Gasteiger partial charge in [-0.25, -0.2) is 8.78 Å². The summed E-state index contributed by atoms with van der Waals surface area (Å²) >= 11 is 0. The second-order valence-corrected chi connectivity index (χ2v) is 3.04. The maximum Gasteiger partial charge on any atom is 0.287 e. The number of furan rings is 1. The quantitative estimate of drug-likeness (QED) is 0.792. The zero-order valence-corrected chi connectivity index (χ0v) is 8.04. The van der Waals surface area contributed by atoms with E-state index in [0.717, 1.165) is 0 Å². The number of nitrogens with one attached hydrogen (secondary N) is 1. The molecule has 0 fully saturated rings. The van der Waals surface area contributed by atoms with Gasteiger partial charge in [0.15, 0.2) is 5.76 Å². The number of halogens is 2. The van der Waals surface area contributed by atoms with Crippen molar-refractivity contribution in [2.75, 3.05) is 6.54 Å². The molecule has 2 N–H and O–H groups in total. The third-order valence-corrected chi connectivity index (χ3v) is 1.83. The van der Waals surface area contributed by atoms with Crippen molar-refractivity contribution in [2.24, 2.45) is 0 Å². The topological polar surface area (TPSA) is 62.5 Å². The van der Waals surface area contributed by atoms with Crippen molar-refractivity contribution in [2.45, 2.75) is 19.5 Å². The molecule has 1 atom stereocenters. The van der Waals surface area contributed by atoms with Gasteiger partial charge in [0.25, 0.3) is 12.3 Å². The van der Waals surface area contributed by atoms with Crippen LogP contribution in [-0.4, -0.2) is 30.1 Å². The fourth-order valence-electron chi connectivity index (χ4n) is 0.972. The Hall–Kier alpha value is -1.43. The minimum atomic E-state index is -2.87. The molecular formula is C9H11F2NO3. The first-order chi connectivity index (χ1) is 7.02. The Morgan fingerprint density at radius 3 is 2.80 bits per heavy atom. The van der Waals surface area contributed by atoms with Crippen LogP contribution in [0.5, 0.6) is 0 Å². The molecule has 1 aromatic heterocycles. The van der Waals surface area contributed by atoms with Crippen LogP contribution in [0.15, 0.2) is 16.7 Å². The Balaban J connectivity index is 2.47. The van der Waals surface area contributed by atoms with E-state index in [1.165, 1.54) is 6.26 Å². The van der Waals surface area contributed by atoms with Crippen LogP contribution in [0, 0.1) is 6.92 Å². The minimum Gasteiger partial charge on any atom is -0.459 e. The van der Waals surface area contributed by atoms with Gasteiger partial charge in [-0.3, -0.25) is 4.79 Å². The Morgan fingerprint density at radius 2 is 2.33 bits per heavy atom. The van der Waals surface area contributed by atoms with Crippen LogP contribution in [0.25, 0.3) is 0 Å². The second-order valence-electron chi connectivity index (χ2n) is 3.04. The van der Waals surface area contributed by atoms with Gasteiger partial charge in [0.1, 0.15) is 6.10 Å². The maximum absolute atomic E-state index is 11.9. The SMILES string of the molecule is Cc1ccoc1C(=O)NCC(O)C(F)F. The van der Waals surface area contributed by atoms with E-state index >= 15 is 0 Å². The second kappa shape index (κ2) is 4.88. The number of amides is 1. The number of hydrogen-bond acceptors (Lipinski definition) is 3. The predicted octanol–water partition coefficient (Wildman–Crippen LogP) is 0.944. The lowest BCUT2D eigenvalue weighted by Gasteiger charge is -2.09. The van der Waals surface area contributed by atoms with Crippen molar-refractivity contribution in [3.05, 3.63) is 23.7 Å². The summed E-state index contributed by atoms with van der Waals surface area (Å²) in [7, 11) is 0. The minimum absolute atomic E-state index is 0.0662. The van der Waals surface area contributed by atoms with Crippen molar-refractivity contribution < 1.29 is 23.1 Å². The van der Waals surface area contributed by atoms with E-state index in [1.54, 1.807) is 13.0 Å². The molecule has 4 nitrogen and oxygen atoms in total. The van der Waals surface area contributed by atoms with E-state index in [9.17, 15) is 13.6 Å². The summed E-state index contributed by atoms with van der Waals surface area (Å²) in [5.41, 5.74) is 0.610. The van der Waals surface area contributed by atoms with Gasteiger partial charge in [-0.2, -0.15) is 0 Å². The summed E-state index contributed by atoms with van der Waals surface area (Å²) in [6.07, 6.45) is -3.40. The Labute approximate surface area is 84.9 Å². The van der Waals surface area contributed by atoms with Gasteiger partial charge in [0, 0.05) is 12.1 Å². The molecule has 6 heteroatoms. The number of alkyl halides is 2. The Kier molecular flexibility index (Phi) is 3.79. The van der Waals surface area contributed by atoms with Gasteiger partial charge >= 0.3 is 0 Å². The van der Waals surface area contributed by atoms with Crippen LogP contribution in [0.2, 0.25) is 0 Å². The van der Waals surface area contributed by atoms with E-state index in [-0.39, 0.29) is 5.76 Å². The molecule has 0 spiro atoms. The predicted molar refractivity (Wildman–Crippen MR) is 47.8 cm³/mol. The summed E-state index contributed by atoms with van der Waals surface area (Å²) in [5.74, 6) is -0.548. The first kappa shape index (κ1) is 11.6. The highest BCUT2D eigenvalue weighted by Gasteiger charge is 2.19. The lowest BCUT2D eigenvalue weighted by atomic mass is 10.2. The molecular weight excluding hydrogens is 208 g/mol. The summed E-state index contributed by atoms with van der Waals surface area (Å²) in [6.45, 7) is 1.15. The zero-order chi connectivity index (χ0) is 11.4. The monoisotopic (exact) mass is 219 g/mol. The molecule has 1 heterocycles. The van der Waals surface area contributed by atoms with Crippen LogP contribution in [0.3, 0.4) is 0 Å². The molecule has 15 heavy (non-hydrogen) atoms. The molecule has 0 saturated carbocycles. The molecule has 0 saturated heterocycles. The third kappa shape index (κ3) is 3.02. The van der Waals surface area contributed by atoms with Crippen LogP contribution < -0.4 is 5.32 Å². The molecule has 1 rings (SSSR count). The van der Waals surface area contributed by atoms with E-state index in [4.69, 9.17) is 9.52 Å².